The van der Waals surface area contributed by atoms with E-state index in [9.17, 15) is 24.6 Å². The number of nitrogens with zero attached hydrogens (tertiary/aromatic N) is 1. The number of aldehydes is 1. The average molecular weight is 385 g/mol. The minimum atomic E-state index is -1.16. The third kappa shape index (κ3) is 5.07. The molecule has 0 amide bonds. The van der Waals surface area contributed by atoms with E-state index in [1.165, 1.54) is 25.1 Å². The van der Waals surface area contributed by atoms with Crippen LogP contribution in [-0.2, 0) is 19.1 Å². The first-order valence-electron chi connectivity index (χ1n) is 9.10. The Hall–Kier alpha value is -1.41. The van der Waals surface area contributed by atoms with E-state index in [2.05, 4.69) is 4.99 Å². The lowest BCUT2D eigenvalue weighted by atomic mass is 9.87. The quantitative estimate of drug-likeness (QED) is 0.483. The molecule has 1 fully saturated rings. The normalized spacial score (nSPS) is 28.9. The summed E-state index contributed by atoms with van der Waals surface area (Å²) in [5.74, 6) is -2.50. The molecule has 0 spiro atoms. The number of carbonyl (C=O) groups excluding carboxylic acids is 2. The van der Waals surface area contributed by atoms with Gasteiger partial charge in [-0.05, 0) is 38.5 Å². The lowest BCUT2D eigenvalue weighted by Gasteiger charge is -2.25. The number of esters is 1. The molecular formula is C18H27NO6S. The Labute approximate surface area is 157 Å². The van der Waals surface area contributed by atoms with Crippen LogP contribution in [-0.4, -0.2) is 63.4 Å². The molecule has 1 saturated carbocycles. The van der Waals surface area contributed by atoms with Crippen LogP contribution in [0.25, 0.3) is 0 Å². The molecule has 0 aromatic carbocycles. The van der Waals surface area contributed by atoms with E-state index >= 15 is 0 Å². The van der Waals surface area contributed by atoms with E-state index < -0.39 is 29.3 Å². The number of aliphatic imine (C=N–C) groups is 1. The molecule has 7 nitrogen and oxygen atoms in total. The largest absolute Gasteiger partial charge is 0.477 e. The molecule has 0 radical (unpaired) electrons. The zero-order valence-corrected chi connectivity index (χ0v) is 16.0. The number of rotatable bonds is 8. The molecule has 146 valence electrons. The molecule has 5 atom stereocenters. The van der Waals surface area contributed by atoms with E-state index in [1.54, 1.807) is 6.92 Å². The Morgan fingerprint density at radius 3 is 2.54 bits per heavy atom. The summed E-state index contributed by atoms with van der Waals surface area (Å²) in [6.45, 7) is 3.29. The van der Waals surface area contributed by atoms with Crippen LogP contribution in [0.4, 0.5) is 0 Å². The predicted molar refractivity (Wildman–Crippen MR) is 98.5 cm³/mol. The van der Waals surface area contributed by atoms with Crippen molar-refractivity contribution in [3.63, 3.8) is 0 Å². The zero-order chi connectivity index (χ0) is 19.3. The van der Waals surface area contributed by atoms with Gasteiger partial charge in [-0.1, -0.05) is 13.3 Å². The molecule has 0 saturated heterocycles. The van der Waals surface area contributed by atoms with Crippen molar-refractivity contribution < 1.29 is 29.3 Å². The fraction of sp³-hybridized carbons (Fsp3) is 0.778. The second kappa shape index (κ2) is 9.50. The van der Waals surface area contributed by atoms with Crippen LogP contribution in [0.2, 0.25) is 0 Å². The van der Waals surface area contributed by atoms with Crippen molar-refractivity contribution in [2.45, 2.75) is 69.5 Å². The summed E-state index contributed by atoms with van der Waals surface area (Å²) in [6, 6.07) is -0.606. The second-order valence-electron chi connectivity index (χ2n) is 7.10. The molecular weight excluding hydrogens is 358 g/mol. The Kier molecular flexibility index (Phi) is 7.64. The van der Waals surface area contributed by atoms with Gasteiger partial charge in [0.2, 0.25) is 0 Å². The molecule has 0 unspecified atom stereocenters. The van der Waals surface area contributed by atoms with Crippen LogP contribution >= 0.6 is 11.8 Å². The van der Waals surface area contributed by atoms with Crippen molar-refractivity contribution in [2.75, 3.05) is 5.75 Å². The molecule has 8 heteroatoms. The third-order valence-corrected chi connectivity index (χ3v) is 6.55. The Morgan fingerprint density at radius 2 is 2.00 bits per heavy atom. The number of aliphatic hydroxyl groups is 1. The summed E-state index contributed by atoms with van der Waals surface area (Å²) >= 11 is 1.18. The van der Waals surface area contributed by atoms with E-state index in [-0.39, 0.29) is 29.5 Å². The standard InChI is InChI=1S/C18H27NO6S/c1-10-15(13(8-20)11(2)21)19-16(18(23)24)17(10)26-9-14(22)25-12-6-4-3-5-7-12/h8,10-13,15,17,21H,3-7,9H2,1-2H3,(H,23,24)/t10-,11-,13-,15-,17-/m1/s1. The number of hydrogen-bond donors (Lipinski definition) is 2. The van der Waals surface area contributed by atoms with Gasteiger partial charge in [0, 0.05) is 0 Å². The maximum atomic E-state index is 12.1. The SMILES string of the molecule is C[C@@H]1[C@H]([C@H](C=O)[C@@H](C)O)N=C(C(=O)O)[C@@H]1SCC(=O)OC1CCCCC1. The van der Waals surface area contributed by atoms with Crippen LogP contribution in [0.15, 0.2) is 4.99 Å². The highest BCUT2D eigenvalue weighted by Gasteiger charge is 2.44. The molecule has 2 rings (SSSR count). The monoisotopic (exact) mass is 385 g/mol. The van der Waals surface area contributed by atoms with E-state index in [0.717, 1.165) is 25.7 Å². The summed E-state index contributed by atoms with van der Waals surface area (Å²) in [4.78, 5) is 39.1. The minimum absolute atomic E-state index is 0.0344. The lowest BCUT2D eigenvalue weighted by molar-refractivity contribution is -0.147. The Bertz CT molecular complexity index is 558. The molecule has 2 N–H and O–H groups in total. The van der Waals surface area contributed by atoms with Gasteiger partial charge in [0.1, 0.15) is 18.1 Å². The number of carbonyl (C=O) groups is 3. The second-order valence-corrected chi connectivity index (χ2v) is 8.23. The van der Waals surface area contributed by atoms with E-state index in [1.807, 2.05) is 0 Å². The molecule has 26 heavy (non-hydrogen) atoms. The molecule has 1 heterocycles. The molecule has 1 aliphatic heterocycles. The number of carboxylic acid groups (broad SMARTS) is 1. The van der Waals surface area contributed by atoms with Crippen molar-refractivity contribution in [1.29, 1.82) is 0 Å². The summed E-state index contributed by atoms with van der Waals surface area (Å²) < 4.78 is 5.47. The molecule has 0 aromatic heterocycles. The van der Waals surface area contributed by atoms with Crippen LogP contribution < -0.4 is 0 Å². The van der Waals surface area contributed by atoms with Gasteiger partial charge in [-0.3, -0.25) is 9.79 Å². The first-order chi connectivity index (χ1) is 12.3. The van der Waals surface area contributed by atoms with Crippen LogP contribution in [0.5, 0.6) is 0 Å². The maximum absolute atomic E-state index is 12.1. The summed E-state index contributed by atoms with van der Waals surface area (Å²) in [6.07, 6.45) is 4.74. The van der Waals surface area contributed by atoms with Gasteiger partial charge in [0.05, 0.1) is 29.1 Å². The fourth-order valence-electron chi connectivity index (χ4n) is 3.66. The topological polar surface area (TPSA) is 113 Å². The number of hydrogen-bond acceptors (Lipinski definition) is 7. The Morgan fingerprint density at radius 1 is 1.35 bits per heavy atom. The summed E-state index contributed by atoms with van der Waals surface area (Å²) in [7, 11) is 0. The Balaban J connectivity index is 1.98. The van der Waals surface area contributed by atoms with Crippen molar-refractivity contribution in [3.8, 4) is 0 Å². The first kappa shape index (κ1) is 20.9. The van der Waals surface area contributed by atoms with Gasteiger partial charge in [0.15, 0.2) is 0 Å². The fourth-order valence-corrected chi connectivity index (χ4v) is 4.83. The lowest BCUT2D eigenvalue weighted by Crippen LogP contribution is -2.36. The van der Waals surface area contributed by atoms with Crippen molar-refractivity contribution in [3.05, 3.63) is 0 Å². The highest BCUT2D eigenvalue weighted by molar-refractivity contribution is 8.01. The van der Waals surface area contributed by atoms with Crippen molar-refractivity contribution in [2.24, 2.45) is 16.8 Å². The van der Waals surface area contributed by atoms with Crippen molar-refractivity contribution >= 4 is 35.7 Å². The van der Waals surface area contributed by atoms with Crippen LogP contribution in [0.1, 0.15) is 46.0 Å². The number of carboxylic acids is 1. The number of aliphatic carboxylic acids is 1. The number of ether oxygens (including phenoxy) is 1. The zero-order valence-electron chi connectivity index (χ0n) is 15.2. The average Bonchev–Trinajstić information content (AvgIpc) is 2.91. The van der Waals surface area contributed by atoms with Gasteiger partial charge in [-0.25, -0.2) is 4.79 Å². The highest BCUT2D eigenvalue weighted by Crippen LogP contribution is 2.35. The molecule has 1 aliphatic carbocycles. The van der Waals surface area contributed by atoms with Gasteiger partial charge >= 0.3 is 11.9 Å². The van der Waals surface area contributed by atoms with Gasteiger partial charge in [-0.15, -0.1) is 11.8 Å². The number of thioether (sulfide) groups is 1. The first-order valence-corrected chi connectivity index (χ1v) is 10.2. The smallest absolute Gasteiger partial charge is 0.350 e. The maximum Gasteiger partial charge on any atom is 0.350 e. The van der Waals surface area contributed by atoms with E-state index in [4.69, 9.17) is 4.74 Å². The minimum Gasteiger partial charge on any atom is -0.477 e. The third-order valence-electron chi connectivity index (χ3n) is 5.13. The predicted octanol–water partition coefficient (Wildman–Crippen LogP) is 1.70. The van der Waals surface area contributed by atoms with Gasteiger partial charge < -0.3 is 19.7 Å². The summed E-state index contributed by atoms with van der Waals surface area (Å²) in [5.41, 5.74) is -0.0505. The van der Waals surface area contributed by atoms with Gasteiger partial charge in [0.25, 0.3) is 0 Å². The molecule has 2 aliphatic rings. The molecule has 0 aromatic rings. The van der Waals surface area contributed by atoms with Crippen LogP contribution in [0, 0.1) is 11.8 Å². The number of aliphatic hydroxyl groups excluding tert-OH is 1. The molecule has 0 bridgehead atoms. The van der Waals surface area contributed by atoms with Crippen LogP contribution in [0.3, 0.4) is 0 Å². The summed E-state index contributed by atoms with van der Waals surface area (Å²) in [5, 5.41) is 18.7. The highest BCUT2D eigenvalue weighted by atomic mass is 32.2. The van der Waals surface area contributed by atoms with Crippen molar-refractivity contribution in [1.82, 2.24) is 0 Å². The van der Waals surface area contributed by atoms with E-state index in [0.29, 0.717) is 6.29 Å². The van der Waals surface area contributed by atoms with Gasteiger partial charge in [-0.2, -0.15) is 0 Å².